The first-order valence-electron chi connectivity index (χ1n) is 10.8. The van der Waals surface area contributed by atoms with Gasteiger partial charge in [0, 0.05) is 5.92 Å². The maximum atomic E-state index is 12.2. The Balaban J connectivity index is 1.41. The standard InChI is InChI=1S/C28H27O3S/c1-28(2,20-19-22-13-14-22)31-27(29)21-30-23-15-17-26(18-16-23)32(24-9-5-3-6-10-24)25-11-7-4-8-12-25/h3-12,15-18,22H,13-14,21H2,1-2H3/q+1. The van der Waals surface area contributed by atoms with Crippen LogP contribution in [0.5, 0.6) is 5.75 Å². The molecule has 3 aromatic carbocycles. The average Bonchev–Trinajstić information content (AvgIpc) is 3.63. The predicted molar refractivity (Wildman–Crippen MR) is 128 cm³/mol. The van der Waals surface area contributed by atoms with Crippen LogP contribution in [-0.2, 0) is 20.4 Å². The van der Waals surface area contributed by atoms with Crippen molar-refractivity contribution < 1.29 is 14.3 Å². The monoisotopic (exact) mass is 443 g/mol. The third-order valence-electron chi connectivity index (χ3n) is 4.90. The summed E-state index contributed by atoms with van der Waals surface area (Å²) in [5.41, 5.74) is -0.799. The summed E-state index contributed by atoms with van der Waals surface area (Å²) in [5, 5.41) is 0. The summed E-state index contributed by atoms with van der Waals surface area (Å²) in [4.78, 5) is 15.9. The summed E-state index contributed by atoms with van der Waals surface area (Å²) >= 11 is 0. The van der Waals surface area contributed by atoms with Crippen molar-refractivity contribution in [2.75, 3.05) is 6.61 Å². The van der Waals surface area contributed by atoms with Gasteiger partial charge in [-0.1, -0.05) is 48.2 Å². The number of rotatable bonds is 7. The van der Waals surface area contributed by atoms with E-state index in [0.29, 0.717) is 11.7 Å². The summed E-state index contributed by atoms with van der Waals surface area (Å²) in [7, 11) is -0.213. The van der Waals surface area contributed by atoms with Gasteiger partial charge in [0.05, 0.1) is 10.9 Å². The molecule has 0 radical (unpaired) electrons. The summed E-state index contributed by atoms with van der Waals surface area (Å²) in [6.45, 7) is 3.48. The minimum absolute atomic E-state index is 0.142. The molecule has 0 aromatic heterocycles. The second-order valence-electron chi connectivity index (χ2n) is 8.22. The lowest BCUT2D eigenvalue weighted by molar-refractivity contribution is -0.154. The van der Waals surface area contributed by atoms with Gasteiger partial charge in [-0.25, -0.2) is 4.79 Å². The molecule has 0 aliphatic heterocycles. The van der Waals surface area contributed by atoms with Gasteiger partial charge in [0.2, 0.25) is 0 Å². The van der Waals surface area contributed by atoms with Gasteiger partial charge in [-0.3, -0.25) is 0 Å². The Morgan fingerprint density at radius 3 is 1.94 bits per heavy atom. The van der Waals surface area contributed by atoms with Crippen molar-refractivity contribution in [2.45, 2.75) is 47.0 Å². The fraction of sp³-hybridized carbons (Fsp3) is 0.250. The maximum absolute atomic E-state index is 12.2. The van der Waals surface area contributed by atoms with E-state index >= 15 is 0 Å². The minimum Gasteiger partial charge on any atom is -0.482 e. The second kappa shape index (κ2) is 9.97. The number of ether oxygens (including phenoxy) is 2. The van der Waals surface area contributed by atoms with Gasteiger partial charge in [0.15, 0.2) is 26.9 Å². The lowest BCUT2D eigenvalue weighted by atomic mass is 10.1. The van der Waals surface area contributed by atoms with Gasteiger partial charge in [-0.05, 0) is 75.2 Å². The molecule has 1 aliphatic rings. The molecule has 1 aliphatic carbocycles. The second-order valence-corrected chi connectivity index (χ2v) is 10.2. The zero-order chi connectivity index (χ0) is 22.4. The largest absolute Gasteiger partial charge is 0.482 e. The molecular formula is C28H27O3S+. The van der Waals surface area contributed by atoms with Crippen LogP contribution in [0.1, 0.15) is 26.7 Å². The predicted octanol–water partition coefficient (Wildman–Crippen LogP) is 5.90. The quantitative estimate of drug-likeness (QED) is 0.259. The van der Waals surface area contributed by atoms with Crippen LogP contribution < -0.4 is 4.74 Å². The highest BCUT2D eigenvalue weighted by Crippen LogP contribution is 2.32. The Labute approximate surface area is 193 Å². The maximum Gasteiger partial charge on any atom is 0.345 e. The number of hydrogen-bond donors (Lipinski definition) is 0. The van der Waals surface area contributed by atoms with Crippen LogP contribution in [0, 0.1) is 17.8 Å². The van der Waals surface area contributed by atoms with E-state index in [1.165, 1.54) is 14.7 Å². The summed E-state index contributed by atoms with van der Waals surface area (Å²) < 4.78 is 11.2. The Hall–Kier alpha value is -3.16. The molecule has 0 atom stereocenters. The molecule has 162 valence electrons. The summed E-state index contributed by atoms with van der Waals surface area (Å²) in [6, 6.07) is 28.9. The summed E-state index contributed by atoms with van der Waals surface area (Å²) in [5.74, 6) is 6.89. The van der Waals surface area contributed by atoms with Gasteiger partial charge in [-0.2, -0.15) is 0 Å². The Morgan fingerprint density at radius 1 is 0.875 bits per heavy atom. The van der Waals surface area contributed by atoms with E-state index in [2.05, 4.69) is 72.5 Å². The van der Waals surface area contributed by atoms with E-state index in [4.69, 9.17) is 9.47 Å². The minimum atomic E-state index is -0.799. The average molecular weight is 444 g/mol. The highest BCUT2D eigenvalue weighted by molar-refractivity contribution is 7.97. The normalized spacial score (nSPS) is 13.2. The van der Waals surface area contributed by atoms with Crippen LogP contribution >= 0.6 is 0 Å². The molecule has 4 heteroatoms. The third kappa shape index (κ3) is 6.18. The number of carbonyl (C=O) groups excluding carboxylic acids is 1. The molecule has 0 heterocycles. The zero-order valence-electron chi connectivity index (χ0n) is 18.4. The number of hydrogen-bond acceptors (Lipinski definition) is 3. The van der Waals surface area contributed by atoms with Gasteiger partial charge in [-0.15, -0.1) is 0 Å². The van der Waals surface area contributed by atoms with Crippen molar-refractivity contribution in [1.29, 1.82) is 0 Å². The molecule has 3 nitrogen and oxygen atoms in total. The number of esters is 1. The fourth-order valence-electron chi connectivity index (χ4n) is 3.18. The molecule has 0 bridgehead atoms. The number of carbonyl (C=O) groups is 1. The van der Waals surface area contributed by atoms with Crippen LogP contribution in [0.4, 0.5) is 0 Å². The van der Waals surface area contributed by atoms with Crippen molar-refractivity contribution in [1.82, 2.24) is 0 Å². The third-order valence-corrected chi connectivity index (χ3v) is 7.13. The van der Waals surface area contributed by atoms with Crippen LogP contribution in [-0.4, -0.2) is 18.2 Å². The van der Waals surface area contributed by atoms with E-state index in [1.807, 2.05) is 38.1 Å². The smallest absolute Gasteiger partial charge is 0.345 e. The van der Waals surface area contributed by atoms with Crippen molar-refractivity contribution in [2.24, 2.45) is 5.92 Å². The molecule has 0 N–H and O–H groups in total. The highest BCUT2D eigenvalue weighted by atomic mass is 32.2. The lowest BCUT2D eigenvalue weighted by Gasteiger charge is -2.19. The molecule has 0 unspecified atom stereocenters. The van der Waals surface area contributed by atoms with E-state index in [0.717, 1.165) is 12.8 Å². The Bertz CT molecular complexity index is 1050. The Morgan fingerprint density at radius 2 is 1.41 bits per heavy atom. The van der Waals surface area contributed by atoms with Crippen molar-refractivity contribution in [3.8, 4) is 17.6 Å². The molecule has 1 saturated carbocycles. The molecular weight excluding hydrogens is 416 g/mol. The topological polar surface area (TPSA) is 35.5 Å². The van der Waals surface area contributed by atoms with Crippen LogP contribution in [0.3, 0.4) is 0 Å². The van der Waals surface area contributed by atoms with E-state index < -0.39 is 11.6 Å². The molecule has 0 amide bonds. The molecule has 3 aromatic rings. The zero-order valence-corrected chi connectivity index (χ0v) is 19.2. The van der Waals surface area contributed by atoms with E-state index in [1.54, 1.807) is 0 Å². The van der Waals surface area contributed by atoms with Crippen molar-refractivity contribution in [3.63, 3.8) is 0 Å². The number of benzene rings is 3. The first-order chi connectivity index (χ1) is 15.5. The van der Waals surface area contributed by atoms with Gasteiger partial charge in [0.1, 0.15) is 5.75 Å². The summed E-state index contributed by atoms with van der Waals surface area (Å²) in [6.07, 6.45) is 2.29. The van der Waals surface area contributed by atoms with Gasteiger partial charge >= 0.3 is 5.97 Å². The molecule has 1 fully saturated rings. The van der Waals surface area contributed by atoms with Crippen molar-refractivity contribution >= 4 is 16.9 Å². The molecule has 4 rings (SSSR count). The highest BCUT2D eigenvalue weighted by Gasteiger charge is 2.28. The first kappa shape index (κ1) is 22.0. The van der Waals surface area contributed by atoms with Crippen LogP contribution in [0.15, 0.2) is 99.6 Å². The van der Waals surface area contributed by atoms with E-state index in [9.17, 15) is 4.79 Å². The van der Waals surface area contributed by atoms with Crippen molar-refractivity contribution in [3.05, 3.63) is 84.9 Å². The Kier molecular flexibility index (Phi) is 6.87. The molecule has 0 spiro atoms. The van der Waals surface area contributed by atoms with Crippen LogP contribution in [0.25, 0.3) is 0 Å². The fourth-order valence-corrected chi connectivity index (χ4v) is 5.26. The van der Waals surface area contributed by atoms with Gasteiger partial charge in [0.25, 0.3) is 0 Å². The lowest BCUT2D eigenvalue weighted by Crippen LogP contribution is -2.29. The first-order valence-corrected chi connectivity index (χ1v) is 12.0. The molecule has 0 saturated heterocycles. The van der Waals surface area contributed by atoms with E-state index in [-0.39, 0.29) is 17.5 Å². The SMILES string of the molecule is CC(C)(C#CC1CC1)OC(=O)COc1ccc([S+](c2ccccc2)c2ccccc2)cc1. The van der Waals surface area contributed by atoms with Gasteiger partial charge < -0.3 is 9.47 Å². The van der Waals surface area contributed by atoms with Crippen LogP contribution in [0.2, 0.25) is 0 Å². The molecule has 32 heavy (non-hydrogen) atoms.